The zero-order valence-electron chi connectivity index (χ0n) is 17.5. The molecular weight excluding hydrogens is 460 g/mol. The van der Waals surface area contributed by atoms with Gasteiger partial charge in [-0.2, -0.15) is 0 Å². The van der Waals surface area contributed by atoms with Crippen LogP contribution in [0.4, 0.5) is 10.5 Å². The second-order valence-electron chi connectivity index (χ2n) is 7.74. The van der Waals surface area contributed by atoms with Crippen molar-refractivity contribution in [2.75, 3.05) is 5.32 Å². The fourth-order valence-electron chi connectivity index (χ4n) is 3.45. The van der Waals surface area contributed by atoms with Gasteiger partial charge in [-0.1, -0.05) is 35.5 Å². The van der Waals surface area contributed by atoms with Crippen molar-refractivity contribution in [3.8, 4) is 11.8 Å². The number of ether oxygens (including phenoxy) is 1. The second kappa shape index (κ2) is 8.39. The first-order chi connectivity index (χ1) is 15.9. The monoisotopic (exact) mass is 478 g/mol. The second-order valence-corrected chi connectivity index (χ2v) is 9.91. The van der Waals surface area contributed by atoms with Crippen LogP contribution in [0.5, 0.6) is 0 Å². The van der Waals surface area contributed by atoms with Crippen LogP contribution >= 0.6 is 22.7 Å². The van der Waals surface area contributed by atoms with Crippen molar-refractivity contribution in [1.29, 1.82) is 0 Å². The molecule has 1 fully saturated rings. The van der Waals surface area contributed by atoms with Gasteiger partial charge >= 0.3 is 12.1 Å². The predicted octanol–water partition coefficient (Wildman–Crippen LogP) is 5.78. The average Bonchev–Trinajstić information content (AvgIpc) is 3.12. The Morgan fingerprint density at radius 2 is 1.94 bits per heavy atom. The third kappa shape index (κ3) is 4.23. The molecule has 7 nitrogen and oxygen atoms in total. The lowest BCUT2D eigenvalue weighted by Crippen LogP contribution is -2.17. The maximum Gasteiger partial charge on any atom is 0.412 e. The molecule has 1 atom stereocenters. The number of benzene rings is 1. The topological polar surface area (TPSA) is 102 Å². The van der Waals surface area contributed by atoms with E-state index < -0.39 is 23.6 Å². The highest BCUT2D eigenvalue weighted by Crippen LogP contribution is 2.52. The molecule has 3 heterocycles. The summed E-state index contributed by atoms with van der Waals surface area (Å²) in [7, 11) is 0. The Balaban J connectivity index is 1.27. The minimum atomic E-state index is -0.751. The largest absolute Gasteiger partial charge is 0.481 e. The first-order valence-electron chi connectivity index (χ1n) is 10.2. The van der Waals surface area contributed by atoms with Gasteiger partial charge in [0.15, 0.2) is 0 Å². The molecule has 1 amide bonds. The Bertz CT molecular complexity index is 1370. The number of carbonyl (C=O) groups excluding carboxylic acids is 1. The van der Waals surface area contributed by atoms with Crippen molar-refractivity contribution in [3.63, 3.8) is 0 Å². The van der Waals surface area contributed by atoms with E-state index in [1.165, 1.54) is 28.9 Å². The van der Waals surface area contributed by atoms with Crippen LogP contribution in [0.1, 0.15) is 46.9 Å². The summed E-state index contributed by atoms with van der Waals surface area (Å²) in [6, 6.07) is 13.3. The van der Waals surface area contributed by atoms with Crippen molar-refractivity contribution in [3.05, 3.63) is 69.7 Å². The first-order valence-corrected chi connectivity index (χ1v) is 11.8. The third-order valence-corrected chi connectivity index (χ3v) is 7.91. The molecule has 4 aromatic rings. The molecule has 2 N–H and O–H groups in total. The minimum absolute atomic E-state index is 0.222. The third-order valence-electron chi connectivity index (χ3n) is 5.50. The molecule has 3 aromatic heterocycles. The van der Waals surface area contributed by atoms with E-state index in [2.05, 4.69) is 22.3 Å². The standard InChI is InChI=1S/C24H18N2O5S2/c1-14(15-5-3-2-4-6-15)30-23(29)26-17-13-25-31-18(17)8-7-16-11-19-20(32-16)12-21(33-19)24(9-10-24)22(27)28/h2-6,11-14H,9-10H2,1H3,(H,26,29)(H,27,28). The molecule has 5 rings (SSSR count). The Morgan fingerprint density at radius 3 is 2.64 bits per heavy atom. The van der Waals surface area contributed by atoms with Gasteiger partial charge in [0.05, 0.1) is 11.1 Å². The van der Waals surface area contributed by atoms with Crippen molar-refractivity contribution in [2.24, 2.45) is 0 Å². The molecule has 0 radical (unpaired) electrons. The molecule has 0 aliphatic heterocycles. The summed E-state index contributed by atoms with van der Waals surface area (Å²) >= 11 is 3.00. The van der Waals surface area contributed by atoms with E-state index in [-0.39, 0.29) is 5.76 Å². The Labute approximate surface area is 197 Å². The fraction of sp³-hybridized carbons (Fsp3) is 0.208. The maximum absolute atomic E-state index is 12.3. The van der Waals surface area contributed by atoms with Gasteiger partial charge in [-0.05, 0) is 49.3 Å². The quantitative estimate of drug-likeness (QED) is 0.353. The van der Waals surface area contributed by atoms with Crippen LogP contribution in [0.15, 0.2) is 53.2 Å². The van der Waals surface area contributed by atoms with E-state index >= 15 is 0 Å². The number of aliphatic carboxylic acids is 1. The van der Waals surface area contributed by atoms with E-state index in [0.29, 0.717) is 18.5 Å². The number of fused-ring (bicyclic) bond motifs is 1. The molecule has 1 aromatic carbocycles. The SMILES string of the molecule is CC(OC(=O)Nc1cnoc1C#Cc1cc2sc(C3(C(=O)O)CC3)cc2s1)c1ccccc1. The lowest BCUT2D eigenvalue weighted by Gasteiger charge is -2.13. The molecule has 1 aliphatic carbocycles. The van der Waals surface area contributed by atoms with Crippen molar-refractivity contribution in [1.82, 2.24) is 5.16 Å². The van der Waals surface area contributed by atoms with Gasteiger partial charge in [0.2, 0.25) is 5.76 Å². The molecule has 1 aliphatic rings. The summed E-state index contributed by atoms with van der Waals surface area (Å²) in [5, 5.41) is 15.8. The number of hydrogen-bond acceptors (Lipinski definition) is 7. The molecule has 1 saturated carbocycles. The number of carboxylic acid groups (broad SMARTS) is 1. The number of aromatic nitrogens is 1. The Hall–Kier alpha value is -3.61. The zero-order chi connectivity index (χ0) is 23.0. The molecule has 0 spiro atoms. The summed E-state index contributed by atoms with van der Waals surface area (Å²) in [5.74, 6) is 5.40. The summed E-state index contributed by atoms with van der Waals surface area (Å²) in [6.45, 7) is 1.79. The van der Waals surface area contributed by atoms with Crippen LogP contribution in [0.25, 0.3) is 9.40 Å². The van der Waals surface area contributed by atoms with E-state index in [1.54, 1.807) is 6.92 Å². The van der Waals surface area contributed by atoms with E-state index in [4.69, 9.17) is 9.26 Å². The van der Waals surface area contributed by atoms with Gasteiger partial charge in [0.1, 0.15) is 17.2 Å². The zero-order valence-corrected chi connectivity index (χ0v) is 19.1. The number of amides is 1. The van der Waals surface area contributed by atoms with E-state index in [0.717, 1.165) is 24.7 Å². The predicted molar refractivity (Wildman–Crippen MR) is 126 cm³/mol. The number of anilines is 1. The van der Waals surface area contributed by atoms with Gasteiger partial charge in [-0.25, -0.2) is 4.79 Å². The lowest BCUT2D eigenvalue weighted by molar-refractivity contribution is -0.139. The average molecular weight is 479 g/mol. The molecule has 9 heteroatoms. The highest BCUT2D eigenvalue weighted by Gasteiger charge is 2.53. The minimum Gasteiger partial charge on any atom is -0.481 e. The molecule has 166 valence electrons. The number of thiophene rings is 2. The van der Waals surface area contributed by atoms with Crippen molar-refractivity contribution >= 4 is 49.8 Å². The van der Waals surface area contributed by atoms with Gasteiger partial charge in [-0.3, -0.25) is 10.1 Å². The molecule has 0 bridgehead atoms. The summed E-state index contributed by atoms with van der Waals surface area (Å²) < 4.78 is 12.6. The smallest absolute Gasteiger partial charge is 0.412 e. The number of nitrogens with one attached hydrogen (secondary N) is 1. The number of rotatable bonds is 5. The number of nitrogens with zero attached hydrogens (tertiary/aromatic N) is 1. The number of hydrogen-bond donors (Lipinski definition) is 2. The van der Waals surface area contributed by atoms with Crippen LogP contribution in [-0.2, 0) is 14.9 Å². The van der Waals surface area contributed by atoms with Crippen molar-refractivity contribution in [2.45, 2.75) is 31.3 Å². The van der Waals surface area contributed by atoms with Gasteiger partial charge in [-0.15, -0.1) is 22.7 Å². The Morgan fingerprint density at radius 1 is 1.18 bits per heavy atom. The molecular formula is C24H18N2O5S2. The highest BCUT2D eigenvalue weighted by molar-refractivity contribution is 7.28. The molecule has 33 heavy (non-hydrogen) atoms. The lowest BCUT2D eigenvalue weighted by atomic mass is 10.1. The Kier molecular flexibility index (Phi) is 5.40. The van der Waals surface area contributed by atoms with Crippen LogP contribution in [0, 0.1) is 11.8 Å². The van der Waals surface area contributed by atoms with Crippen LogP contribution in [0.2, 0.25) is 0 Å². The van der Waals surface area contributed by atoms with Gasteiger partial charge in [0, 0.05) is 14.3 Å². The first kappa shape index (κ1) is 21.2. The van der Waals surface area contributed by atoms with Gasteiger partial charge < -0.3 is 14.4 Å². The van der Waals surface area contributed by atoms with E-state index in [1.807, 2.05) is 42.5 Å². The molecule has 0 saturated heterocycles. The molecule has 1 unspecified atom stereocenters. The summed E-state index contributed by atoms with van der Waals surface area (Å²) in [4.78, 5) is 25.5. The van der Waals surface area contributed by atoms with Crippen LogP contribution in [0.3, 0.4) is 0 Å². The van der Waals surface area contributed by atoms with Crippen molar-refractivity contribution < 1.29 is 24.0 Å². The van der Waals surface area contributed by atoms with E-state index in [9.17, 15) is 14.7 Å². The number of carbonyl (C=O) groups is 2. The summed E-state index contributed by atoms with van der Waals surface area (Å²) in [5.41, 5.74) is 0.516. The normalized spacial score (nSPS) is 14.8. The summed E-state index contributed by atoms with van der Waals surface area (Å²) in [6.07, 6.45) is 1.71. The highest BCUT2D eigenvalue weighted by atomic mass is 32.1. The van der Waals surface area contributed by atoms with Crippen LogP contribution in [-0.4, -0.2) is 22.3 Å². The number of carboxylic acids is 1. The van der Waals surface area contributed by atoms with Gasteiger partial charge in [0.25, 0.3) is 0 Å². The fourth-order valence-corrected chi connectivity index (χ4v) is 5.94. The maximum atomic E-state index is 12.3. The van der Waals surface area contributed by atoms with Crippen LogP contribution < -0.4 is 5.32 Å².